The van der Waals surface area contributed by atoms with E-state index in [0.29, 0.717) is 12.0 Å². The second kappa shape index (κ2) is 12.3. The van der Waals surface area contributed by atoms with Crippen LogP contribution in [0, 0.1) is 0 Å². The first-order valence-electron chi connectivity index (χ1n) is 6.93. The van der Waals surface area contributed by atoms with Gasteiger partial charge in [0.1, 0.15) is 6.29 Å². The predicted molar refractivity (Wildman–Crippen MR) is 77.1 cm³/mol. The van der Waals surface area contributed by atoms with Crippen LogP contribution in [0.1, 0.15) is 61.9 Å². The van der Waals surface area contributed by atoms with E-state index in [0.717, 1.165) is 11.8 Å². The molecule has 1 rings (SSSR count). The lowest BCUT2D eigenvalue weighted by Gasteiger charge is -1.96. The van der Waals surface area contributed by atoms with Gasteiger partial charge in [-0.2, -0.15) is 0 Å². The Balaban J connectivity index is 0.000000360. The van der Waals surface area contributed by atoms with Crippen molar-refractivity contribution >= 4 is 6.29 Å². The molecule has 18 heavy (non-hydrogen) atoms. The fourth-order valence-corrected chi connectivity index (χ4v) is 1.57. The summed E-state index contributed by atoms with van der Waals surface area (Å²) in [5.41, 5.74) is 1.73. The number of carbonyl (C=O) groups is 1. The maximum Gasteiger partial charge on any atom is 0.150 e. The van der Waals surface area contributed by atoms with Gasteiger partial charge in [-0.3, -0.25) is 4.79 Å². The van der Waals surface area contributed by atoms with E-state index in [1.54, 1.807) is 12.1 Å². The van der Waals surface area contributed by atoms with E-state index in [-0.39, 0.29) is 6.61 Å². The minimum atomic E-state index is 0.153. The van der Waals surface area contributed by atoms with Crippen LogP contribution in [0.25, 0.3) is 0 Å². The molecule has 0 aliphatic rings. The van der Waals surface area contributed by atoms with Crippen molar-refractivity contribution in [2.24, 2.45) is 0 Å². The van der Waals surface area contributed by atoms with E-state index in [9.17, 15) is 4.79 Å². The summed E-state index contributed by atoms with van der Waals surface area (Å²) in [6.45, 7) is 4.64. The smallest absolute Gasteiger partial charge is 0.150 e. The Labute approximate surface area is 111 Å². The SMILES string of the molecule is CCCCCCC.O=Cc1ccc(CCO)cc1. The highest BCUT2D eigenvalue weighted by Gasteiger charge is 1.91. The van der Waals surface area contributed by atoms with Crippen molar-refractivity contribution in [3.63, 3.8) is 0 Å². The summed E-state index contributed by atoms with van der Waals surface area (Å²) in [7, 11) is 0. The van der Waals surface area contributed by atoms with Gasteiger partial charge in [-0.1, -0.05) is 70.2 Å². The van der Waals surface area contributed by atoms with Gasteiger partial charge in [0.25, 0.3) is 0 Å². The van der Waals surface area contributed by atoms with Gasteiger partial charge in [0.2, 0.25) is 0 Å². The molecule has 0 aliphatic heterocycles. The van der Waals surface area contributed by atoms with Gasteiger partial charge in [-0.05, 0) is 12.0 Å². The number of aldehydes is 1. The summed E-state index contributed by atoms with van der Waals surface area (Å²) in [5, 5.41) is 8.58. The standard InChI is InChI=1S/C9H10O2.C7H16/c10-6-5-8-1-3-9(7-11)4-2-8;1-3-5-7-6-4-2/h1-4,7,10H,5-6H2;3-7H2,1-2H3. The zero-order valence-corrected chi connectivity index (χ0v) is 11.7. The summed E-state index contributed by atoms with van der Waals surface area (Å²) < 4.78 is 0. The number of hydrogen-bond acceptors (Lipinski definition) is 2. The number of unbranched alkanes of at least 4 members (excludes halogenated alkanes) is 4. The highest BCUT2D eigenvalue weighted by atomic mass is 16.2. The summed E-state index contributed by atoms with van der Waals surface area (Å²) in [4.78, 5) is 10.2. The van der Waals surface area contributed by atoms with Gasteiger partial charge < -0.3 is 5.11 Å². The molecule has 0 radical (unpaired) electrons. The highest BCUT2D eigenvalue weighted by Crippen LogP contribution is 2.02. The van der Waals surface area contributed by atoms with Crippen LogP contribution < -0.4 is 0 Å². The summed E-state index contributed by atoms with van der Waals surface area (Å²) in [6, 6.07) is 7.19. The molecule has 2 nitrogen and oxygen atoms in total. The Morgan fingerprint density at radius 1 is 1.00 bits per heavy atom. The topological polar surface area (TPSA) is 37.3 Å². The first-order valence-corrected chi connectivity index (χ1v) is 6.93. The fraction of sp³-hybridized carbons (Fsp3) is 0.562. The number of rotatable bonds is 7. The van der Waals surface area contributed by atoms with Gasteiger partial charge in [-0.25, -0.2) is 0 Å². The fourth-order valence-electron chi connectivity index (χ4n) is 1.57. The Morgan fingerprint density at radius 3 is 1.94 bits per heavy atom. The number of benzene rings is 1. The number of carbonyl (C=O) groups excluding carboxylic acids is 1. The number of aliphatic hydroxyl groups excluding tert-OH is 1. The molecule has 1 N–H and O–H groups in total. The van der Waals surface area contributed by atoms with E-state index < -0.39 is 0 Å². The quantitative estimate of drug-likeness (QED) is 0.586. The van der Waals surface area contributed by atoms with Gasteiger partial charge >= 0.3 is 0 Å². The van der Waals surface area contributed by atoms with Crippen LogP contribution in [0.15, 0.2) is 24.3 Å². The van der Waals surface area contributed by atoms with Gasteiger partial charge in [0, 0.05) is 12.2 Å². The van der Waals surface area contributed by atoms with Crippen molar-refractivity contribution in [2.75, 3.05) is 6.61 Å². The predicted octanol–water partition coefficient (Wildman–Crippen LogP) is 4.01. The monoisotopic (exact) mass is 250 g/mol. The molecule has 0 unspecified atom stereocenters. The van der Waals surface area contributed by atoms with Crippen LogP contribution in [0.5, 0.6) is 0 Å². The first kappa shape index (κ1) is 16.9. The number of aliphatic hydroxyl groups is 1. The summed E-state index contributed by atoms with van der Waals surface area (Å²) in [5.74, 6) is 0. The molecule has 0 aliphatic carbocycles. The van der Waals surface area contributed by atoms with Crippen molar-refractivity contribution in [3.05, 3.63) is 35.4 Å². The van der Waals surface area contributed by atoms with Crippen LogP contribution in [0.4, 0.5) is 0 Å². The molecule has 1 aromatic carbocycles. The minimum Gasteiger partial charge on any atom is -0.396 e. The molecule has 0 bridgehead atoms. The molecule has 0 saturated heterocycles. The third-order valence-electron chi connectivity index (χ3n) is 2.72. The van der Waals surface area contributed by atoms with E-state index in [4.69, 9.17) is 5.11 Å². The lowest BCUT2D eigenvalue weighted by atomic mass is 10.1. The van der Waals surface area contributed by atoms with Crippen LogP contribution >= 0.6 is 0 Å². The zero-order chi connectivity index (χ0) is 13.6. The Bertz CT molecular complexity index is 286. The van der Waals surface area contributed by atoms with Gasteiger partial charge in [-0.15, -0.1) is 0 Å². The van der Waals surface area contributed by atoms with E-state index >= 15 is 0 Å². The van der Waals surface area contributed by atoms with Crippen LogP contribution in [0.2, 0.25) is 0 Å². The largest absolute Gasteiger partial charge is 0.396 e. The van der Waals surface area contributed by atoms with Crippen LogP contribution in [-0.4, -0.2) is 18.0 Å². The van der Waals surface area contributed by atoms with Crippen LogP contribution in [0.3, 0.4) is 0 Å². The molecule has 0 aromatic heterocycles. The van der Waals surface area contributed by atoms with Crippen molar-refractivity contribution in [1.29, 1.82) is 0 Å². The second-order valence-corrected chi connectivity index (χ2v) is 4.39. The van der Waals surface area contributed by atoms with E-state index in [2.05, 4.69) is 13.8 Å². The molecule has 2 heteroatoms. The highest BCUT2D eigenvalue weighted by molar-refractivity contribution is 5.74. The summed E-state index contributed by atoms with van der Waals surface area (Å²) >= 11 is 0. The second-order valence-electron chi connectivity index (χ2n) is 4.39. The minimum absolute atomic E-state index is 0.153. The average molecular weight is 250 g/mol. The molecule has 0 fully saturated rings. The Morgan fingerprint density at radius 2 is 1.56 bits per heavy atom. The maximum atomic E-state index is 10.2. The Hall–Kier alpha value is -1.15. The number of hydrogen-bond donors (Lipinski definition) is 1. The van der Waals surface area contributed by atoms with Gasteiger partial charge in [0.15, 0.2) is 0 Å². The third-order valence-corrected chi connectivity index (χ3v) is 2.72. The lowest BCUT2D eigenvalue weighted by molar-refractivity contribution is 0.112. The van der Waals surface area contributed by atoms with Crippen molar-refractivity contribution in [2.45, 2.75) is 52.4 Å². The Kier molecular flexibility index (Phi) is 11.5. The van der Waals surface area contributed by atoms with Crippen molar-refractivity contribution in [3.8, 4) is 0 Å². The molecule has 1 aromatic rings. The van der Waals surface area contributed by atoms with Crippen LogP contribution in [-0.2, 0) is 6.42 Å². The van der Waals surface area contributed by atoms with Crippen molar-refractivity contribution in [1.82, 2.24) is 0 Å². The molecular formula is C16H26O2. The molecule has 0 saturated carbocycles. The van der Waals surface area contributed by atoms with E-state index in [1.807, 2.05) is 12.1 Å². The average Bonchev–Trinajstić information content (AvgIpc) is 2.41. The van der Waals surface area contributed by atoms with E-state index in [1.165, 1.54) is 32.1 Å². The molecule has 102 valence electrons. The molecule has 0 atom stereocenters. The van der Waals surface area contributed by atoms with Crippen molar-refractivity contribution < 1.29 is 9.90 Å². The first-order chi connectivity index (χ1) is 8.78. The maximum absolute atomic E-state index is 10.2. The lowest BCUT2D eigenvalue weighted by Crippen LogP contribution is -1.90. The normalized spacial score (nSPS) is 9.50. The molecule has 0 heterocycles. The molecule has 0 amide bonds. The molecular weight excluding hydrogens is 224 g/mol. The molecule has 0 spiro atoms. The van der Waals surface area contributed by atoms with Gasteiger partial charge in [0.05, 0.1) is 0 Å². The summed E-state index contributed by atoms with van der Waals surface area (Å²) in [6.07, 6.45) is 8.47. The zero-order valence-electron chi connectivity index (χ0n) is 11.7. The third kappa shape index (κ3) is 8.94.